The lowest BCUT2D eigenvalue weighted by molar-refractivity contribution is -0.157. The average Bonchev–Trinajstić information content (AvgIpc) is 2.75. The van der Waals surface area contributed by atoms with E-state index in [2.05, 4.69) is 47.1 Å². The quantitative estimate of drug-likeness (QED) is 0.239. The Morgan fingerprint density at radius 1 is 0.964 bits per heavy atom. The van der Waals surface area contributed by atoms with E-state index in [0.717, 1.165) is 49.8 Å². The monoisotopic (exact) mass is 448 g/mol. The Morgan fingerprint density at radius 3 is 2.25 bits per heavy atom. The van der Waals surface area contributed by atoms with Crippen LogP contribution in [0.15, 0.2) is 24.3 Å². The fourth-order valence-electron chi connectivity index (χ4n) is 4.86. The van der Waals surface area contributed by atoms with Crippen LogP contribution >= 0.6 is 15.9 Å². The van der Waals surface area contributed by atoms with E-state index < -0.39 is 0 Å². The summed E-state index contributed by atoms with van der Waals surface area (Å²) in [6.45, 7) is 2.25. The van der Waals surface area contributed by atoms with Crippen LogP contribution in [0.1, 0.15) is 94.6 Å². The maximum Gasteiger partial charge on any atom is 0.309 e. The van der Waals surface area contributed by atoms with Crippen molar-refractivity contribution in [3.63, 3.8) is 0 Å². The van der Waals surface area contributed by atoms with Crippen LogP contribution in [-0.4, -0.2) is 17.4 Å². The standard InChI is InChI=1S/C25H37BrO2/c1-2-3-4-5-19-6-10-21(11-7-19)22-12-14-23(15-13-22)25(27)28-24-16-8-20(18-26)9-17-24/h6-7,10-11,20,22-24H,2-5,8-9,12-18H2,1H3/t20-,22-,23-,24-. The van der Waals surface area contributed by atoms with E-state index in [9.17, 15) is 4.79 Å². The van der Waals surface area contributed by atoms with Gasteiger partial charge in [-0.1, -0.05) is 60.0 Å². The zero-order chi connectivity index (χ0) is 19.8. The molecule has 2 aliphatic carbocycles. The summed E-state index contributed by atoms with van der Waals surface area (Å²) in [4.78, 5) is 12.6. The van der Waals surface area contributed by atoms with Gasteiger partial charge < -0.3 is 4.74 Å². The van der Waals surface area contributed by atoms with E-state index in [1.54, 1.807) is 0 Å². The molecule has 2 nitrogen and oxygen atoms in total. The number of alkyl halides is 1. The number of rotatable bonds is 8. The van der Waals surface area contributed by atoms with Gasteiger partial charge in [-0.15, -0.1) is 0 Å². The highest BCUT2D eigenvalue weighted by Gasteiger charge is 2.31. The molecule has 0 atom stereocenters. The summed E-state index contributed by atoms with van der Waals surface area (Å²) >= 11 is 3.58. The lowest BCUT2D eigenvalue weighted by Gasteiger charge is -2.31. The number of unbranched alkanes of at least 4 members (excludes halogenated alkanes) is 2. The van der Waals surface area contributed by atoms with Gasteiger partial charge in [0.1, 0.15) is 6.10 Å². The van der Waals surface area contributed by atoms with Crippen LogP contribution in [0.4, 0.5) is 0 Å². The first-order valence-electron chi connectivity index (χ1n) is 11.5. The average molecular weight is 449 g/mol. The number of hydrogen-bond acceptors (Lipinski definition) is 2. The van der Waals surface area contributed by atoms with Gasteiger partial charge in [0.05, 0.1) is 5.92 Å². The Bertz CT molecular complexity index is 581. The van der Waals surface area contributed by atoms with Crippen molar-refractivity contribution in [1.29, 1.82) is 0 Å². The first-order valence-corrected chi connectivity index (χ1v) is 12.7. The van der Waals surface area contributed by atoms with Crippen molar-refractivity contribution in [1.82, 2.24) is 0 Å². The number of aryl methyl sites for hydroxylation is 1. The van der Waals surface area contributed by atoms with Crippen molar-refractivity contribution in [2.45, 2.75) is 96.0 Å². The highest BCUT2D eigenvalue weighted by molar-refractivity contribution is 9.09. The van der Waals surface area contributed by atoms with Crippen molar-refractivity contribution >= 4 is 21.9 Å². The van der Waals surface area contributed by atoms with Gasteiger partial charge in [0.2, 0.25) is 0 Å². The van der Waals surface area contributed by atoms with Gasteiger partial charge in [-0.25, -0.2) is 0 Å². The minimum absolute atomic E-state index is 0.0759. The molecule has 0 N–H and O–H groups in total. The van der Waals surface area contributed by atoms with E-state index in [-0.39, 0.29) is 18.0 Å². The molecule has 0 bridgehead atoms. The molecule has 28 heavy (non-hydrogen) atoms. The van der Waals surface area contributed by atoms with Gasteiger partial charge in [0.25, 0.3) is 0 Å². The zero-order valence-electron chi connectivity index (χ0n) is 17.5. The van der Waals surface area contributed by atoms with Crippen LogP contribution < -0.4 is 0 Å². The predicted octanol–water partition coefficient (Wildman–Crippen LogP) is 7.19. The van der Waals surface area contributed by atoms with Gasteiger partial charge in [0, 0.05) is 5.33 Å². The molecule has 0 heterocycles. The van der Waals surface area contributed by atoms with Gasteiger partial charge in [-0.2, -0.15) is 0 Å². The van der Waals surface area contributed by atoms with Gasteiger partial charge in [0.15, 0.2) is 0 Å². The number of carbonyl (C=O) groups is 1. The van der Waals surface area contributed by atoms with Crippen molar-refractivity contribution in [3.05, 3.63) is 35.4 Å². The number of carbonyl (C=O) groups excluding carboxylic acids is 1. The molecule has 0 radical (unpaired) electrons. The molecule has 0 spiro atoms. The Labute approximate surface area is 179 Å². The lowest BCUT2D eigenvalue weighted by atomic mass is 9.78. The van der Waals surface area contributed by atoms with Crippen LogP contribution in [0.2, 0.25) is 0 Å². The summed E-state index contributed by atoms with van der Waals surface area (Å²) in [5, 5.41) is 1.08. The molecule has 0 amide bonds. The largest absolute Gasteiger partial charge is 0.462 e. The summed E-state index contributed by atoms with van der Waals surface area (Å²) in [7, 11) is 0. The highest BCUT2D eigenvalue weighted by Crippen LogP contribution is 2.37. The minimum Gasteiger partial charge on any atom is -0.462 e. The van der Waals surface area contributed by atoms with Crippen molar-refractivity contribution in [2.75, 3.05) is 5.33 Å². The molecular weight excluding hydrogens is 412 g/mol. The van der Waals surface area contributed by atoms with Gasteiger partial charge in [-0.3, -0.25) is 4.79 Å². The third kappa shape index (κ3) is 6.34. The van der Waals surface area contributed by atoms with E-state index in [4.69, 9.17) is 4.74 Å². The Hall–Kier alpha value is -0.830. The lowest BCUT2D eigenvalue weighted by Crippen LogP contribution is -2.30. The minimum atomic E-state index is 0.0759. The third-order valence-electron chi connectivity index (χ3n) is 6.88. The smallest absolute Gasteiger partial charge is 0.309 e. The maximum atomic E-state index is 12.6. The van der Waals surface area contributed by atoms with Crippen LogP contribution in [0.5, 0.6) is 0 Å². The van der Waals surface area contributed by atoms with Gasteiger partial charge >= 0.3 is 5.97 Å². The maximum absolute atomic E-state index is 12.6. The fraction of sp³-hybridized carbons (Fsp3) is 0.720. The molecule has 1 aromatic carbocycles. The molecule has 3 rings (SSSR count). The second-order valence-electron chi connectivity index (χ2n) is 8.98. The zero-order valence-corrected chi connectivity index (χ0v) is 19.1. The molecular formula is C25H37BrO2. The highest BCUT2D eigenvalue weighted by atomic mass is 79.9. The number of ether oxygens (including phenoxy) is 1. The molecule has 0 saturated heterocycles. The summed E-state index contributed by atoms with van der Waals surface area (Å²) < 4.78 is 5.87. The first kappa shape index (κ1) is 21.9. The molecule has 0 aliphatic heterocycles. The van der Waals surface area contributed by atoms with E-state index >= 15 is 0 Å². The fourth-order valence-corrected chi connectivity index (χ4v) is 5.51. The SMILES string of the molecule is CCCCCc1ccc([C@H]2CC[C@H](C(=O)O[C@H]3CC[C@H](CBr)CC3)CC2)cc1. The second-order valence-corrected chi connectivity index (χ2v) is 9.63. The first-order chi connectivity index (χ1) is 13.7. The van der Waals surface area contributed by atoms with Crippen LogP contribution in [0.3, 0.4) is 0 Å². The number of hydrogen-bond donors (Lipinski definition) is 0. The number of halogens is 1. The molecule has 2 saturated carbocycles. The van der Waals surface area contributed by atoms with Crippen LogP contribution in [-0.2, 0) is 16.0 Å². The van der Waals surface area contributed by atoms with Crippen molar-refractivity contribution in [3.8, 4) is 0 Å². The van der Waals surface area contributed by atoms with Crippen LogP contribution in [0, 0.1) is 11.8 Å². The normalized spacial score (nSPS) is 28.1. The summed E-state index contributed by atoms with van der Waals surface area (Å²) in [6.07, 6.45) is 13.9. The van der Waals surface area contributed by atoms with E-state index in [0.29, 0.717) is 5.92 Å². The van der Waals surface area contributed by atoms with Crippen molar-refractivity contribution < 1.29 is 9.53 Å². The van der Waals surface area contributed by atoms with Gasteiger partial charge in [-0.05, 0) is 87.2 Å². The molecule has 0 aromatic heterocycles. The molecule has 156 valence electrons. The topological polar surface area (TPSA) is 26.3 Å². The van der Waals surface area contributed by atoms with Crippen molar-refractivity contribution in [2.24, 2.45) is 11.8 Å². The molecule has 1 aromatic rings. The summed E-state index contributed by atoms with van der Waals surface area (Å²) in [5.41, 5.74) is 2.92. The number of esters is 1. The predicted molar refractivity (Wildman–Crippen MR) is 120 cm³/mol. The Morgan fingerprint density at radius 2 is 1.64 bits per heavy atom. The van der Waals surface area contributed by atoms with E-state index in [1.165, 1.54) is 49.7 Å². The molecule has 0 unspecified atom stereocenters. The van der Waals surface area contributed by atoms with E-state index in [1.807, 2.05) is 0 Å². The second kappa shape index (κ2) is 11.4. The molecule has 2 aliphatic rings. The number of benzene rings is 1. The molecule has 3 heteroatoms. The van der Waals surface area contributed by atoms with Crippen LogP contribution in [0.25, 0.3) is 0 Å². The summed E-state index contributed by atoms with van der Waals surface area (Å²) in [5.74, 6) is 1.58. The third-order valence-corrected chi connectivity index (χ3v) is 7.79. The molecule has 2 fully saturated rings. The Kier molecular flexibility index (Phi) is 8.89. The Balaban J connectivity index is 1.41. The summed E-state index contributed by atoms with van der Waals surface area (Å²) in [6, 6.07) is 9.28.